The van der Waals surface area contributed by atoms with Crippen LogP contribution in [0.1, 0.15) is 34.8 Å². The first-order valence-corrected chi connectivity index (χ1v) is 7.53. The third-order valence-electron chi connectivity index (χ3n) is 4.06. The number of hydrogen-bond acceptors (Lipinski definition) is 2. The molecule has 1 unspecified atom stereocenters. The van der Waals surface area contributed by atoms with Gasteiger partial charge in [0, 0.05) is 6.20 Å². The van der Waals surface area contributed by atoms with E-state index < -0.39 is 0 Å². The molecule has 104 valence electrons. The zero-order valence-electron chi connectivity index (χ0n) is 11.7. The summed E-state index contributed by atoms with van der Waals surface area (Å²) in [5, 5.41) is 4.03. The van der Waals surface area contributed by atoms with Gasteiger partial charge in [-0.3, -0.25) is 4.98 Å². The van der Waals surface area contributed by atoms with Gasteiger partial charge in [-0.15, -0.1) is 0 Å². The van der Waals surface area contributed by atoms with Gasteiger partial charge in [0.05, 0.1) is 16.8 Å². The fraction of sp³-hybridized carbons (Fsp3) is 0.353. The highest BCUT2D eigenvalue weighted by atomic mass is 35.5. The van der Waals surface area contributed by atoms with E-state index in [-0.39, 0.29) is 6.04 Å². The SMILES string of the molecule is CNC(Cc1ccc2c(c1)CCC2)c1ccc(Cl)cn1. The molecule has 3 rings (SSSR count). The fourth-order valence-corrected chi connectivity index (χ4v) is 3.05. The molecule has 1 heterocycles. The lowest BCUT2D eigenvalue weighted by Crippen LogP contribution is -2.20. The second-order valence-corrected chi connectivity index (χ2v) is 5.84. The number of benzene rings is 1. The molecule has 1 N–H and O–H groups in total. The minimum atomic E-state index is 0.228. The van der Waals surface area contributed by atoms with Gasteiger partial charge in [-0.25, -0.2) is 0 Å². The van der Waals surface area contributed by atoms with Crippen LogP contribution in [0, 0.1) is 0 Å². The predicted octanol–water partition coefficient (Wildman–Crippen LogP) is 3.73. The van der Waals surface area contributed by atoms with E-state index in [0.29, 0.717) is 5.02 Å². The Kier molecular flexibility index (Phi) is 4.04. The van der Waals surface area contributed by atoms with Crippen LogP contribution in [0.5, 0.6) is 0 Å². The first-order chi connectivity index (χ1) is 9.76. The van der Waals surface area contributed by atoms with Gasteiger partial charge in [0.2, 0.25) is 0 Å². The summed E-state index contributed by atoms with van der Waals surface area (Å²) in [7, 11) is 1.98. The first kappa shape index (κ1) is 13.6. The van der Waals surface area contributed by atoms with Gasteiger partial charge in [-0.05, 0) is 61.6 Å². The van der Waals surface area contributed by atoms with Crippen LogP contribution >= 0.6 is 11.6 Å². The highest BCUT2D eigenvalue weighted by Crippen LogP contribution is 2.25. The van der Waals surface area contributed by atoms with Gasteiger partial charge in [-0.1, -0.05) is 29.8 Å². The van der Waals surface area contributed by atoms with Crippen LogP contribution < -0.4 is 5.32 Å². The topological polar surface area (TPSA) is 24.9 Å². The number of likely N-dealkylation sites (N-methyl/N-ethyl adjacent to an activating group) is 1. The Labute approximate surface area is 125 Å². The van der Waals surface area contributed by atoms with Gasteiger partial charge in [-0.2, -0.15) is 0 Å². The van der Waals surface area contributed by atoms with Crippen LogP contribution in [0.2, 0.25) is 5.02 Å². The van der Waals surface area contributed by atoms with Crippen molar-refractivity contribution in [3.63, 3.8) is 0 Å². The zero-order valence-corrected chi connectivity index (χ0v) is 12.5. The number of rotatable bonds is 4. The number of aromatic nitrogens is 1. The van der Waals surface area contributed by atoms with Gasteiger partial charge in [0.25, 0.3) is 0 Å². The van der Waals surface area contributed by atoms with Crippen molar-refractivity contribution in [2.45, 2.75) is 31.7 Å². The molecule has 3 heteroatoms. The third kappa shape index (κ3) is 2.87. The number of halogens is 1. The molecule has 1 aromatic carbocycles. The van der Waals surface area contributed by atoms with Crippen LogP contribution in [0.4, 0.5) is 0 Å². The summed E-state index contributed by atoms with van der Waals surface area (Å²) >= 11 is 5.90. The van der Waals surface area contributed by atoms with Crippen molar-refractivity contribution in [3.05, 3.63) is 63.9 Å². The maximum atomic E-state index is 5.90. The summed E-state index contributed by atoms with van der Waals surface area (Å²) in [4.78, 5) is 4.42. The average Bonchev–Trinajstić information content (AvgIpc) is 2.93. The first-order valence-electron chi connectivity index (χ1n) is 7.15. The summed E-state index contributed by atoms with van der Waals surface area (Å²) in [6.07, 6.45) is 6.44. The van der Waals surface area contributed by atoms with E-state index in [2.05, 4.69) is 28.5 Å². The minimum absolute atomic E-state index is 0.228. The molecule has 0 amide bonds. The molecular weight excluding hydrogens is 268 g/mol. The quantitative estimate of drug-likeness (QED) is 0.926. The van der Waals surface area contributed by atoms with E-state index in [1.165, 1.54) is 36.0 Å². The number of aryl methyl sites for hydroxylation is 2. The van der Waals surface area contributed by atoms with E-state index >= 15 is 0 Å². The Bertz CT molecular complexity index is 592. The maximum absolute atomic E-state index is 5.90. The van der Waals surface area contributed by atoms with Crippen LogP contribution in [-0.4, -0.2) is 12.0 Å². The lowest BCUT2D eigenvalue weighted by molar-refractivity contribution is 0.576. The number of nitrogens with zero attached hydrogens (tertiary/aromatic N) is 1. The maximum Gasteiger partial charge on any atom is 0.0589 e. The van der Waals surface area contributed by atoms with Crippen LogP contribution in [-0.2, 0) is 19.3 Å². The summed E-state index contributed by atoms with van der Waals surface area (Å²) in [5.41, 5.74) is 5.47. The van der Waals surface area contributed by atoms with E-state index in [4.69, 9.17) is 11.6 Å². The lowest BCUT2D eigenvalue weighted by atomic mass is 9.99. The molecule has 0 fully saturated rings. The van der Waals surface area contributed by atoms with E-state index in [0.717, 1.165) is 12.1 Å². The summed E-state index contributed by atoms with van der Waals surface area (Å²) < 4.78 is 0. The average molecular weight is 287 g/mol. The Morgan fingerprint density at radius 1 is 1.20 bits per heavy atom. The van der Waals surface area contributed by atoms with Crippen molar-refractivity contribution in [1.82, 2.24) is 10.3 Å². The standard InChI is InChI=1S/C17H19ClN2/c1-19-17(16-8-7-15(18)11-20-16)10-12-5-6-13-3-2-4-14(13)9-12/h5-9,11,17,19H,2-4,10H2,1H3. The van der Waals surface area contributed by atoms with E-state index in [1.807, 2.05) is 19.2 Å². The number of pyridine rings is 1. The second-order valence-electron chi connectivity index (χ2n) is 5.40. The number of fused-ring (bicyclic) bond motifs is 1. The van der Waals surface area contributed by atoms with Gasteiger partial charge in [0.15, 0.2) is 0 Å². The monoisotopic (exact) mass is 286 g/mol. The molecule has 0 saturated carbocycles. The lowest BCUT2D eigenvalue weighted by Gasteiger charge is -2.16. The van der Waals surface area contributed by atoms with Crippen molar-refractivity contribution < 1.29 is 0 Å². The van der Waals surface area contributed by atoms with Crippen LogP contribution in [0.25, 0.3) is 0 Å². The Hall–Kier alpha value is -1.38. The van der Waals surface area contributed by atoms with Gasteiger partial charge >= 0.3 is 0 Å². The molecule has 0 bridgehead atoms. The summed E-state index contributed by atoms with van der Waals surface area (Å²) in [6, 6.07) is 11.0. The van der Waals surface area contributed by atoms with Gasteiger partial charge < -0.3 is 5.32 Å². The van der Waals surface area contributed by atoms with Crippen molar-refractivity contribution in [2.75, 3.05) is 7.05 Å². The molecule has 1 atom stereocenters. The number of hydrogen-bond donors (Lipinski definition) is 1. The Balaban J connectivity index is 1.79. The molecule has 0 saturated heterocycles. The second kappa shape index (κ2) is 5.94. The van der Waals surface area contributed by atoms with Gasteiger partial charge in [0.1, 0.15) is 0 Å². The zero-order chi connectivity index (χ0) is 13.9. The Morgan fingerprint density at radius 3 is 2.80 bits per heavy atom. The predicted molar refractivity (Wildman–Crippen MR) is 83.2 cm³/mol. The third-order valence-corrected chi connectivity index (χ3v) is 4.28. The smallest absolute Gasteiger partial charge is 0.0589 e. The molecule has 20 heavy (non-hydrogen) atoms. The molecule has 0 radical (unpaired) electrons. The fourth-order valence-electron chi connectivity index (χ4n) is 2.94. The number of nitrogens with one attached hydrogen (secondary N) is 1. The summed E-state index contributed by atoms with van der Waals surface area (Å²) in [6.45, 7) is 0. The van der Waals surface area contributed by atoms with Crippen molar-refractivity contribution in [3.8, 4) is 0 Å². The van der Waals surface area contributed by atoms with Crippen molar-refractivity contribution in [1.29, 1.82) is 0 Å². The van der Waals surface area contributed by atoms with E-state index in [9.17, 15) is 0 Å². The highest BCUT2D eigenvalue weighted by molar-refractivity contribution is 6.30. The molecule has 1 aliphatic rings. The molecule has 0 spiro atoms. The normalized spacial score (nSPS) is 15.1. The molecule has 0 aliphatic heterocycles. The van der Waals surface area contributed by atoms with E-state index in [1.54, 1.807) is 6.20 Å². The van der Waals surface area contributed by atoms with Crippen LogP contribution in [0.15, 0.2) is 36.5 Å². The highest BCUT2D eigenvalue weighted by Gasteiger charge is 2.15. The van der Waals surface area contributed by atoms with Crippen molar-refractivity contribution >= 4 is 11.6 Å². The molecule has 1 aromatic heterocycles. The molecule has 2 aromatic rings. The minimum Gasteiger partial charge on any atom is -0.311 e. The van der Waals surface area contributed by atoms with Crippen LogP contribution in [0.3, 0.4) is 0 Å². The Morgan fingerprint density at radius 2 is 2.05 bits per heavy atom. The molecular formula is C17H19ClN2. The van der Waals surface area contributed by atoms with Crippen molar-refractivity contribution in [2.24, 2.45) is 0 Å². The molecule has 1 aliphatic carbocycles. The largest absolute Gasteiger partial charge is 0.311 e. The molecule has 2 nitrogen and oxygen atoms in total. The summed E-state index contributed by atoms with van der Waals surface area (Å²) in [5.74, 6) is 0.